The fourth-order valence-electron chi connectivity index (χ4n) is 6.06. The Bertz CT molecular complexity index is 1140. The van der Waals surface area contributed by atoms with Crippen molar-refractivity contribution in [2.45, 2.75) is 52.1 Å². The molecule has 0 spiro atoms. The zero-order valence-corrected chi connectivity index (χ0v) is 19.2. The van der Waals surface area contributed by atoms with Crippen LogP contribution in [-0.4, -0.2) is 23.1 Å². The highest BCUT2D eigenvalue weighted by Crippen LogP contribution is 2.59. The van der Waals surface area contributed by atoms with Gasteiger partial charge < -0.3 is 10.1 Å². The standard InChI is InChI=1S/C24H26N4O3S/c1-12-16-7-8-24(3)10-17-19(13(2)18(24)20(16)31-21(12)29)27-23(32-17)28-22(30)26-15-6-4-5-14(9-15)11-25/h4-6,9,12-13,16,18,20H,7-8,10H2,1-3H3,(H2,26,27,28,30). The first-order valence-corrected chi connectivity index (χ1v) is 11.9. The monoisotopic (exact) mass is 450 g/mol. The lowest BCUT2D eigenvalue weighted by molar-refractivity contribution is -0.149. The molecule has 1 saturated heterocycles. The molecule has 3 aliphatic rings. The second-order valence-corrected chi connectivity index (χ2v) is 10.7. The Morgan fingerprint density at radius 3 is 2.91 bits per heavy atom. The Balaban J connectivity index is 1.36. The quantitative estimate of drug-likeness (QED) is 0.633. The number of benzene rings is 1. The van der Waals surface area contributed by atoms with Gasteiger partial charge in [-0.3, -0.25) is 10.1 Å². The third-order valence-corrected chi connectivity index (χ3v) is 8.61. The number of carbonyl (C=O) groups excluding carboxylic acids is 2. The smallest absolute Gasteiger partial charge is 0.325 e. The molecule has 2 aromatic rings. The van der Waals surface area contributed by atoms with Crippen molar-refractivity contribution >= 4 is 34.2 Å². The summed E-state index contributed by atoms with van der Waals surface area (Å²) in [5.74, 6) is 0.571. The van der Waals surface area contributed by atoms with Gasteiger partial charge in [-0.2, -0.15) is 5.26 Å². The molecule has 6 atom stereocenters. The molecule has 2 N–H and O–H groups in total. The number of urea groups is 1. The van der Waals surface area contributed by atoms with E-state index in [-0.39, 0.29) is 47.2 Å². The van der Waals surface area contributed by atoms with E-state index in [1.807, 2.05) is 6.92 Å². The molecule has 2 aliphatic carbocycles. The molecule has 2 amide bonds. The molecule has 2 heterocycles. The van der Waals surface area contributed by atoms with Crippen LogP contribution < -0.4 is 10.6 Å². The van der Waals surface area contributed by atoms with E-state index in [4.69, 9.17) is 15.0 Å². The SMILES string of the molecule is CC1C(=O)OC2C1CCC1(C)Cc3sc(NC(=O)Nc4cccc(C#N)c4)nc3C(C)C21. The van der Waals surface area contributed by atoms with Gasteiger partial charge in [0.1, 0.15) is 6.10 Å². The van der Waals surface area contributed by atoms with Gasteiger partial charge in [-0.05, 0) is 42.9 Å². The molecule has 166 valence electrons. The van der Waals surface area contributed by atoms with Crippen LogP contribution in [0.25, 0.3) is 0 Å². The number of hydrogen-bond acceptors (Lipinski definition) is 6. The van der Waals surface area contributed by atoms with Crippen molar-refractivity contribution in [2.75, 3.05) is 10.6 Å². The molecule has 0 radical (unpaired) electrons. The van der Waals surface area contributed by atoms with Crippen LogP contribution in [0.5, 0.6) is 0 Å². The highest BCUT2D eigenvalue weighted by atomic mass is 32.1. The summed E-state index contributed by atoms with van der Waals surface area (Å²) in [6.45, 7) is 6.48. The second-order valence-electron chi connectivity index (χ2n) is 9.64. The maximum absolute atomic E-state index is 12.5. The number of nitrogens with zero attached hydrogens (tertiary/aromatic N) is 2. The summed E-state index contributed by atoms with van der Waals surface area (Å²) in [4.78, 5) is 30.8. The van der Waals surface area contributed by atoms with E-state index in [2.05, 4.69) is 30.6 Å². The summed E-state index contributed by atoms with van der Waals surface area (Å²) in [7, 11) is 0. The maximum atomic E-state index is 12.5. The molecule has 1 aliphatic heterocycles. The van der Waals surface area contributed by atoms with Crippen molar-refractivity contribution in [3.8, 4) is 6.07 Å². The van der Waals surface area contributed by atoms with Crippen molar-refractivity contribution in [2.24, 2.45) is 23.2 Å². The topological polar surface area (TPSA) is 104 Å². The number of hydrogen-bond donors (Lipinski definition) is 2. The highest BCUT2D eigenvalue weighted by molar-refractivity contribution is 7.15. The predicted octanol–water partition coefficient (Wildman–Crippen LogP) is 4.91. The molecule has 8 heteroatoms. The number of fused-ring (bicyclic) bond motifs is 4. The lowest BCUT2D eigenvalue weighted by Gasteiger charge is -2.51. The van der Waals surface area contributed by atoms with Crippen molar-refractivity contribution in [1.29, 1.82) is 5.26 Å². The predicted molar refractivity (Wildman–Crippen MR) is 121 cm³/mol. The number of nitriles is 1. The number of anilines is 2. The summed E-state index contributed by atoms with van der Waals surface area (Å²) in [5, 5.41) is 15.2. The van der Waals surface area contributed by atoms with Crippen LogP contribution in [0, 0.1) is 34.5 Å². The molecule has 1 saturated carbocycles. The lowest BCUT2D eigenvalue weighted by atomic mass is 9.54. The Labute approximate surface area is 191 Å². The van der Waals surface area contributed by atoms with Gasteiger partial charge in [0.25, 0.3) is 0 Å². The summed E-state index contributed by atoms with van der Waals surface area (Å²) in [5.41, 5.74) is 2.10. The number of ether oxygens (including phenoxy) is 1. The number of nitrogens with one attached hydrogen (secondary N) is 2. The molecule has 6 unspecified atom stereocenters. The average Bonchev–Trinajstić information content (AvgIpc) is 3.27. The summed E-state index contributed by atoms with van der Waals surface area (Å²) in [6, 6.07) is 8.45. The van der Waals surface area contributed by atoms with Gasteiger partial charge in [-0.15, -0.1) is 11.3 Å². The van der Waals surface area contributed by atoms with Gasteiger partial charge in [0, 0.05) is 28.3 Å². The fraction of sp³-hybridized carbons (Fsp3) is 0.500. The number of amides is 2. The largest absolute Gasteiger partial charge is 0.461 e. The molecule has 7 nitrogen and oxygen atoms in total. The van der Waals surface area contributed by atoms with Gasteiger partial charge in [0.05, 0.1) is 23.2 Å². The number of aromatic nitrogens is 1. The molecule has 0 bridgehead atoms. The fourth-order valence-corrected chi connectivity index (χ4v) is 7.32. The number of esters is 1. The Hall–Kier alpha value is -2.92. The molecule has 1 aromatic heterocycles. The van der Waals surface area contributed by atoms with Crippen molar-refractivity contribution in [1.82, 2.24) is 4.98 Å². The molecular formula is C24H26N4O3S. The van der Waals surface area contributed by atoms with Gasteiger partial charge in [0.2, 0.25) is 0 Å². The van der Waals surface area contributed by atoms with Crippen LogP contribution in [-0.2, 0) is 16.0 Å². The van der Waals surface area contributed by atoms with E-state index in [0.29, 0.717) is 16.4 Å². The minimum atomic E-state index is -0.388. The van der Waals surface area contributed by atoms with Crippen molar-refractivity contribution in [3.05, 3.63) is 40.4 Å². The first-order valence-electron chi connectivity index (χ1n) is 11.1. The van der Waals surface area contributed by atoms with Crippen LogP contribution in [0.4, 0.5) is 15.6 Å². The summed E-state index contributed by atoms with van der Waals surface area (Å²) < 4.78 is 5.89. The molecule has 1 aromatic carbocycles. The third-order valence-electron chi connectivity index (χ3n) is 7.63. The second kappa shape index (κ2) is 7.59. The van der Waals surface area contributed by atoms with Crippen LogP contribution in [0.3, 0.4) is 0 Å². The van der Waals surface area contributed by atoms with Crippen molar-refractivity contribution in [3.63, 3.8) is 0 Å². The van der Waals surface area contributed by atoms with Gasteiger partial charge in [-0.1, -0.05) is 26.8 Å². The lowest BCUT2D eigenvalue weighted by Crippen LogP contribution is -2.50. The highest BCUT2D eigenvalue weighted by Gasteiger charge is 2.58. The van der Waals surface area contributed by atoms with Crippen LogP contribution >= 0.6 is 11.3 Å². The number of thiazole rings is 1. The zero-order chi connectivity index (χ0) is 22.6. The van der Waals surface area contributed by atoms with E-state index < -0.39 is 0 Å². The zero-order valence-electron chi connectivity index (χ0n) is 18.3. The van der Waals surface area contributed by atoms with Crippen LogP contribution in [0.1, 0.15) is 55.7 Å². The number of rotatable bonds is 2. The van der Waals surface area contributed by atoms with E-state index in [0.717, 1.165) is 25.0 Å². The molecular weight excluding hydrogens is 424 g/mol. The van der Waals surface area contributed by atoms with Crippen LogP contribution in [0.15, 0.2) is 24.3 Å². The minimum Gasteiger partial charge on any atom is -0.461 e. The Morgan fingerprint density at radius 2 is 2.12 bits per heavy atom. The number of carbonyl (C=O) groups is 2. The maximum Gasteiger partial charge on any atom is 0.325 e. The van der Waals surface area contributed by atoms with E-state index in [9.17, 15) is 9.59 Å². The van der Waals surface area contributed by atoms with Gasteiger partial charge in [0.15, 0.2) is 5.13 Å². The average molecular weight is 451 g/mol. The Kier molecular flexibility index (Phi) is 4.97. The van der Waals surface area contributed by atoms with Crippen molar-refractivity contribution < 1.29 is 14.3 Å². The minimum absolute atomic E-state index is 0.0333. The normalized spacial score (nSPS) is 32.7. The molecule has 2 fully saturated rings. The summed E-state index contributed by atoms with van der Waals surface area (Å²) >= 11 is 1.52. The molecule has 32 heavy (non-hydrogen) atoms. The first-order chi connectivity index (χ1) is 15.3. The van der Waals surface area contributed by atoms with Crippen LogP contribution in [0.2, 0.25) is 0 Å². The van der Waals surface area contributed by atoms with Gasteiger partial charge in [-0.25, -0.2) is 9.78 Å². The Morgan fingerprint density at radius 1 is 1.31 bits per heavy atom. The third kappa shape index (κ3) is 3.36. The van der Waals surface area contributed by atoms with E-state index in [1.54, 1.807) is 24.3 Å². The molecule has 5 rings (SSSR count). The van der Waals surface area contributed by atoms with Gasteiger partial charge >= 0.3 is 12.0 Å². The van der Waals surface area contributed by atoms with E-state index in [1.165, 1.54) is 16.2 Å². The van der Waals surface area contributed by atoms with E-state index >= 15 is 0 Å². The first kappa shape index (κ1) is 21.0. The summed E-state index contributed by atoms with van der Waals surface area (Å²) in [6.07, 6.45) is 2.92.